The quantitative estimate of drug-likeness (QED) is 0.275. The van der Waals surface area contributed by atoms with Gasteiger partial charge in [-0.2, -0.15) is 0 Å². The Morgan fingerprint density at radius 2 is 1.72 bits per heavy atom. The summed E-state index contributed by atoms with van der Waals surface area (Å²) in [5.41, 5.74) is 1.02. The number of nitrogens with zero attached hydrogens (tertiary/aromatic N) is 3. The van der Waals surface area contributed by atoms with Crippen LogP contribution in [0.3, 0.4) is 0 Å². The zero-order chi connectivity index (χ0) is 19.8. The zero-order valence-corrected chi connectivity index (χ0v) is 19.7. The number of hydrogen-bond donors (Lipinski definition) is 2. The van der Waals surface area contributed by atoms with Gasteiger partial charge in [0.15, 0.2) is 5.96 Å². The van der Waals surface area contributed by atoms with Crippen molar-refractivity contribution < 1.29 is 9.47 Å². The van der Waals surface area contributed by atoms with Crippen LogP contribution < -0.4 is 20.1 Å². The SMILES string of the molecule is CN=C(NCc1ccc(Oc2ccc(OC)cc2)nc1)NCc1ncc(C)s1.I. The van der Waals surface area contributed by atoms with E-state index < -0.39 is 0 Å². The summed E-state index contributed by atoms with van der Waals surface area (Å²) in [6, 6.07) is 11.2. The third kappa shape index (κ3) is 7.17. The molecule has 0 radical (unpaired) electrons. The van der Waals surface area contributed by atoms with E-state index in [0.29, 0.717) is 30.7 Å². The van der Waals surface area contributed by atoms with Crippen LogP contribution in [0.5, 0.6) is 17.4 Å². The zero-order valence-electron chi connectivity index (χ0n) is 16.5. The van der Waals surface area contributed by atoms with Crippen LogP contribution in [0.2, 0.25) is 0 Å². The van der Waals surface area contributed by atoms with Crippen LogP contribution >= 0.6 is 35.3 Å². The van der Waals surface area contributed by atoms with Crippen molar-refractivity contribution in [2.75, 3.05) is 14.2 Å². The Balaban J connectivity index is 0.00000300. The van der Waals surface area contributed by atoms with E-state index in [1.54, 1.807) is 31.7 Å². The van der Waals surface area contributed by atoms with E-state index in [-0.39, 0.29) is 24.0 Å². The van der Waals surface area contributed by atoms with Crippen LogP contribution in [0.25, 0.3) is 0 Å². The van der Waals surface area contributed by atoms with E-state index in [1.165, 1.54) is 4.88 Å². The van der Waals surface area contributed by atoms with Gasteiger partial charge in [-0.1, -0.05) is 6.07 Å². The summed E-state index contributed by atoms with van der Waals surface area (Å²) in [4.78, 5) is 14.1. The Labute approximate surface area is 191 Å². The molecule has 0 aliphatic carbocycles. The molecule has 9 heteroatoms. The summed E-state index contributed by atoms with van der Waals surface area (Å²) in [7, 11) is 3.38. The average molecular weight is 525 g/mol. The highest BCUT2D eigenvalue weighted by molar-refractivity contribution is 14.0. The van der Waals surface area contributed by atoms with Crippen LogP contribution in [0.1, 0.15) is 15.4 Å². The van der Waals surface area contributed by atoms with E-state index in [2.05, 4.69) is 25.6 Å². The number of hydrogen-bond acceptors (Lipinski definition) is 6. The number of nitrogens with one attached hydrogen (secondary N) is 2. The maximum absolute atomic E-state index is 5.74. The molecule has 0 aliphatic rings. The molecule has 0 spiro atoms. The van der Waals surface area contributed by atoms with Gasteiger partial charge in [-0.15, -0.1) is 35.3 Å². The van der Waals surface area contributed by atoms with E-state index in [4.69, 9.17) is 9.47 Å². The summed E-state index contributed by atoms with van der Waals surface area (Å²) < 4.78 is 10.9. The summed E-state index contributed by atoms with van der Waals surface area (Å²) in [6.07, 6.45) is 3.66. The van der Waals surface area contributed by atoms with Gasteiger partial charge in [0.1, 0.15) is 16.5 Å². The molecule has 0 fully saturated rings. The fourth-order valence-electron chi connectivity index (χ4n) is 2.39. The molecule has 0 saturated heterocycles. The molecule has 0 atom stereocenters. The van der Waals surface area contributed by atoms with Gasteiger partial charge in [0.05, 0.1) is 13.7 Å². The second kappa shape index (κ2) is 11.6. The summed E-state index contributed by atoms with van der Waals surface area (Å²) in [6.45, 7) is 3.29. The molecule has 2 heterocycles. The smallest absolute Gasteiger partial charge is 0.219 e. The number of guanidine groups is 1. The first-order valence-corrected chi connectivity index (χ1v) is 9.60. The Kier molecular flexibility index (Phi) is 9.13. The average Bonchev–Trinajstić information content (AvgIpc) is 3.15. The largest absolute Gasteiger partial charge is 0.497 e. The highest BCUT2D eigenvalue weighted by Gasteiger charge is 2.04. The molecule has 0 bridgehead atoms. The molecule has 29 heavy (non-hydrogen) atoms. The van der Waals surface area contributed by atoms with E-state index in [9.17, 15) is 0 Å². The van der Waals surface area contributed by atoms with Crippen molar-refractivity contribution in [3.05, 3.63) is 64.2 Å². The Bertz CT molecular complexity index is 913. The number of aryl methyl sites for hydroxylation is 1. The molecule has 2 N–H and O–H groups in total. The first-order chi connectivity index (χ1) is 13.7. The minimum absolute atomic E-state index is 0. The Hall–Kier alpha value is -2.40. The number of thiazole rings is 1. The second-order valence-corrected chi connectivity index (χ2v) is 7.25. The molecule has 154 valence electrons. The lowest BCUT2D eigenvalue weighted by Crippen LogP contribution is -2.36. The number of benzene rings is 1. The maximum atomic E-state index is 5.74. The number of aliphatic imine (C=N–C) groups is 1. The molecular formula is C20H24IN5O2S. The third-order valence-corrected chi connectivity index (χ3v) is 4.75. The Morgan fingerprint density at radius 1 is 1.00 bits per heavy atom. The standard InChI is InChI=1S/C20H23N5O2S.HI/c1-14-10-23-19(28-14)13-25-20(21-2)24-12-15-4-9-18(22-11-15)27-17-7-5-16(26-3)6-8-17;/h4-11H,12-13H2,1-3H3,(H2,21,24,25);1H. The summed E-state index contributed by atoms with van der Waals surface area (Å²) in [5, 5.41) is 7.55. The monoisotopic (exact) mass is 525 g/mol. The van der Waals surface area contributed by atoms with Gasteiger partial charge < -0.3 is 20.1 Å². The molecule has 0 aliphatic heterocycles. The van der Waals surface area contributed by atoms with Crippen LogP contribution in [0.4, 0.5) is 0 Å². The molecule has 1 aromatic carbocycles. The molecule has 2 aromatic heterocycles. The number of pyridine rings is 1. The molecule has 0 unspecified atom stereocenters. The highest BCUT2D eigenvalue weighted by Crippen LogP contribution is 2.22. The second-order valence-electron chi connectivity index (χ2n) is 5.93. The van der Waals surface area contributed by atoms with Gasteiger partial charge in [0.25, 0.3) is 0 Å². The molecule has 0 saturated carbocycles. The lowest BCUT2D eigenvalue weighted by atomic mass is 10.3. The molecule has 7 nitrogen and oxygen atoms in total. The fraction of sp³-hybridized carbons (Fsp3) is 0.250. The number of halogens is 1. The lowest BCUT2D eigenvalue weighted by Gasteiger charge is -2.11. The molecular weight excluding hydrogens is 501 g/mol. The normalized spacial score (nSPS) is 10.8. The first kappa shape index (κ1) is 22.9. The van der Waals surface area contributed by atoms with Crippen LogP contribution in [0, 0.1) is 6.92 Å². The van der Waals surface area contributed by atoms with Gasteiger partial charge in [-0.25, -0.2) is 9.97 Å². The minimum Gasteiger partial charge on any atom is -0.497 e. The molecule has 3 rings (SSSR count). The van der Waals surface area contributed by atoms with Crippen LogP contribution in [0.15, 0.2) is 53.8 Å². The van der Waals surface area contributed by atoms with Gasteiger partial charge in [0.2, 0.25) is 5.88 Å². The van der Waals surface area contributed by atoms with E-state index in [1.807, 2.05) is 49.5 Å². The van der Waals surface area contributed by atoms with Gasteiger partial charge >= 0.3 is 0 Å². The van der Waals surface area contributed by atoms with Crippen LogP contribution in [-0.2, 0) is 13.1 Å². The number of rotatable bonds is 7. The molecule has 3 aromatic rings. The fourth-order valence-corrected chi connectivity index (χ4v) is 3.12. The lowest BCUT2D eigenvalue weighted by molar-refractivity contribution is 0.412. The highest BCUT2D eigenvalue weighted by atomic mass is 127. The van der Waals surface area contributed by atoms with Crippen molar-refractivity contribution in [1.82, 2.24) is 20.6 Å². The number of methoxy groups -OCH3 is 1. The third-order valence-electron chi connectivity index (χ3n) is 3.84. The predicted octanol–water partition coefficient (Wildman–Crippen LogP) is 4.13. The van der Waals surface area contributed by atoms with Gasteiger partial charge in [-0.05, 0) is 36.8 Å². The van der Waals surface area contributed by atoms with Crippen molar-refractivity contribution >= 4 is 41.3 Å². The first-order valence-electron chi connectivity index (χ1n) is 8.79. The Morgan fingerprint density at radius 3 is 2.31 bits per heavy atom. The van der Waals surface area contributed by atoms with Crippen molar-refractivity contribution in [2.24, 2.45) is 4.99 Å². The molecule has 0 amide bonds. The van der Waals surface area contributed by atoms with E-state index >= 15 is 0 Å². The minimum atomic E-state index is 0. The summed E-state index contributed by atoms with van der Waals surface area (Å²) in [5.74, 6) is 2.75. The number of aromatic nitrogens is 2. The van der Waals surface area contributed by atoms with Crippen molar-refractivity contribution in [2.45, 2.75) is 20.0 Å². The van der Waals surface area contributed by atoms with Crippen molar-refractivity contribution in [1.29, 1.82) is 0 Å². The number of ether oxygens (including phenoxy) is 2. The van der Waals surface area contributed by atoms with Gasteiger partial charge in [0, 0.05) is 36.9 Å². The van der Waals surface area contributed by atoms with Gasteiger partial charge in [-0.3, -0.25) is 4.99 Å². The predicted molar refractivity (Wildman–Crippen MR) is 127 cm³/mol. The topological polar surface area (TPSA) is 80.7 Å². The van der Waals surface area contributed by atoms with Crippen molar-refractivity contribution in [3.8, 4) is 17.4 Å². The summed E-state index contributed by atoms with van der Waals surface area (Å²) >= 11 is 1.67. The maximum Gasteiger partial charge on any atom is 0.219 e. The van der Waals surface area contributed by atoms with E-state index in [0.717, 1.165) is 16.3 Å². The van der Waals surface area contributed by atoms with Crippen molar-refractivity contribution in [3.63, 3.8) is 0 Å². The van der Waals surface area contributed by atoms with Crippen LogP contribution in [-0.4, -0.2) is 30.1 Å².